The number of carbonyl (C=O) groups excluding carboxylic acids is 1. The molecule has 0 fully saturated rings. The number of quaternary nitrogens is 1. The van der Waals surface area contributed by atoms with E-state index < -0.39 is 0 Å². The van der Waals surface area contributed by atoms with Gasteiger partial charge in [-0.2, -0.15) is 4.48 Å². The van der Waals surface area contributed by atoms with Crippen molar-refractivity contribution in [1.82, 2.24) is 9.55 Å². The van der Waals surface area contributed by atoms with Crippen molar-refractivity contribution >= 4 is 12.4 Å². The lowest BCUT2D eigenvalue weighted by atomic mass is 10.0. The summed E-state index contributed by atoms with van der Waals surface area (Å²) in [6.45, 7) is 8.41. The second-order valence-corrected chi connectivity index (χ2v) is 5.65. The van der Waals surface area contributed by atoms with Crippen molar-refractivity contribution in [2.75, 3.05) is 7.05 Å². The quantitative estimate of drug-likeness (QED) is 0.768. The Labute approximate surface area is 113 Å². The van der Waals surface area contributed by atoms with Crippen LogP contribution in [0.1, 0.15) is 27.7 Å². The molecule has 2 rings (SSSR count). The number of aliphatic imine (C=N–C) groups is 1. The van der Waals surface area contributed by atoms with Gasteiger partial charge in [0.05, 0.1) is 7.05 Å². The van der Waals surface area contributed by atoms with E-state index in [2.05, 4.69) is 37.7 Å². The van der Waals surface area contributed by atoms with E-state index in [1.165, 1.54) is 10.9 Å². The van der Waals surface area contributed by atoms with Crippen molar-refractivity contribution in [3.05, 3.63) is 30.1 Å². The first-order chi connectivity index (χ1) is 8.88. The third-order valence-corrected chi connectivity index (χ3v) is 3.41. The molecule has 1 unspecified atom stereocenters. The van der Waals surface area contributed by atoms with Crippen molar-refractivity contribution in [2.45, 2.75) is 27.7 Å². The summed E-state index contributed by atoms with van der Waals surface area (Å²) in [5.74, 6) is 0.571. The summed E-state index contributed by atoms with van der Waals surface area (Å²) < 4.78 is 1.61. The smallest absolute Gasteiger partial charge is 0.245 e. The number of carbonyl (C=O) groups is 1. The Bertz CT molecular complexity index is 540. The average Bonchev–Trinajstić information content (AvgIpc) is 2.95. The lowest BCUT2D eigenvalue weighted by Gasteiger charge is -2.27. The van der Waals surface area contributed by atoms with Gasteiger partial charge in [-0.1, -0.05) is 27.7 Å². The van der Waals surface area contributed by atoms with Crippen LogP contribution in [-0.4, -0.2) is 33.5 Å². The molecule has 0 spiro atoms. The molecule has 0 bridgehead atoms. The minimum absolute atomic E-state index is 0.0550. The Morgan fingerprint density at radius 1 is 1.26 bits per heavy atom. The molecule has 1 aromatic heterocycles. The summed E-state index contributed by atoms with van der Waals surface area (Å²) in [7, 11) is 1.89. The standard InChI is InChI=1S/C14H21N4O/c1-10(2)12-13(11(3)4)18(5,9-16-12)14(19)17-7-6-15-8-17/h6-11H,1-5H3/q+1. The molecule has 0 radical (unpaired) electrons. The van der Waals surface area contributed by atoms with Crippen molar-refractivity contribution in [3.63, 3.8) is 0 Å². The molecule has 1 aromatic rings. The van der Waals surface area contributed by atoms with Crippen LogP contribution in [0.25, 0.3) is 0 Å². The topological polar surface area (TPSA) is 47.2 Å². The van der Waals surface area contributed by atoms with Crippen molar-refractivity contribution in [3.8, 4) is 0 Å². The Kier molecular flexibility index (Phi) is 3.41. The van der Waals surface area contributed by atoms with Crippen LogP contribution < -0.4 is 0 Å². The van der Waals surface area contributed by atoms with Crippen molar-refractivity contribution in [2.24, 2.45) is 16.8 Å². The number of imidazole rings is 1. The Morgan fingerprint density at radius 3 is 2.42 bits per heavy atom. The molecule has 0 N–H and O–H groups in total. The molecule has 0 saturated heterocycles. The number of nitrogens with zero attached hydrogens (tertiary/aromatic N) is 4. The Morgan fingerprint density at radius 2 is 1.95 bits per heavy atom. The molecule has 1 atom stereocenters. The third-order valence-electron chi connectivity index (χ3n) is 3.41. The summed E-state index contributed by atoms with van der Waals surface area (Å²) in [4.78, 5) is 21.1. The molecule has 1 amide bonds. The molecule has 19 heavy (non-hydrogen) atoms. The van der Waals surface area contributed by atoms with Gasteiger partial charge in [-0.3, -0.25) is 0 Å². The first-order valence-corrected chi connectivity index (χ1v) is 6.57. The Hall–Kier alpha value is -1.75. The fourth-order valence-corrected chi connectivity index (χ4v) is 2.59. The van der Waals surface area contributed by atoms with Crippen molar-refractivity contribution < 1.29 is 9.28 Å². The summed E-state index contributed by atoms with van der Waals surface area (Å²) >= 11 is 0. The van der Waals surface area contributed by atoms with Gasteiger partial charge in [-0.05, 0) is 0 Å². The molecule has 1 aliphatic heterocycles. The zero-order valence-corrected chi connectivity index (χ0v) is 12.2. The highest BCUT2D eigenvalue weighted by molar-refractivity contribution is 5.80. The van der Waals surface area contributed by atoms with Crippen LogP contribution in [0.5, 0.6) is 0 Å². The van der Waals surface area contributed by atoms with Crippen LogP contribution in [0.4, 0.5) is 4.79 Å². The van der Waals surface area contributed by atoms with Crippen LogP contribution in [0.2, 0.25) is 0 Å². The maximum atomic E-state index is 12.7. The van der Waals surface area contributed by atoms with E-state index in [9.17, 15) is 4.79 Å². The zero-order valence-electron chi connectivity index (χ0n) is 12.2. The molecule has 102 valence electrons. The Balaban J connectivity index is 2.50. The molecule has 5 nitrogen and oxygen atoms in total. The zero-order chi connectivity index (χ0) is 14.2. The number of rotatable bonds is 2. The number of aromatic nitrogens is 2. The SMILES string of the molecule is CC(C)C1=C(C(C)C)[N+](C)(C(=O)n2ccnc2)C=N1. The van der Waals surface area contributed by atoms with Gasteiger partial charge in [0.1, 0.15) is 17.7 Å². The number of hydrogen-bond donors (Lipinski definition) is 0. The van der Waals surface area contributed by atoms with Gasteiger partial charge in [0.15, 0.2) is 0 Å². The number of allylic oxidation sites excluding steroid dienone is 2. The number of amides is 1. The van der Waals surface area contributed by atoms with Crippen molar-refractivity contribution in [1.29, 1.82) is 0 Å². The van der Waals surface area contributed by atoms with Gasteiger partial charge < -0.3 is 0 Å². The molecule has 1 aliphatic rings. The predicted molar refractivity (Wildman–Crippen MR) is 74.4 cm³/mol. The minimum Gasteiger partial charge on any atom is -0.245 e. The largest absolute Gasteiger partial charge is 0.439 e. The van der Waals surface area contributed by atoms with Gasteiger partial charge in [0.25, 0.3) is 0 Å². The summed E-state index contributed by atoms with van der Waals surface area (Å²) in [5.41, 5.74) is 2.08. The van der Waals surface area contributed by atoms with Gasteiger partial charge in [-0.15, -0.1) is 0 Å². The second-order valence-electron chi connectivity index (χ2n) is 5.65. The van der Waals surface area contributed by atoms with Crippen LogP contribution in [0.15, 0.2) is 35.1 Å². The van der Waals surface area contributed by atoms with Gasteiger partial charge in [0.2, 0.25) is 6.34 Å². The van der Waals surface area contributed by atoms with E-state index in [1.807, 2.05) is 7.05 Å². The maximum Gasteiger partial charge on any atom is 0.439 e. The van der Waals surface area contributed by atoms with Crippen LogP contribution in [-0.2, 0) is 0 Å². The van der Waals surface area contributed by atoms with E-state index in [1.54, 1.807) is 18.7 Å². The molecule has 5 heteroatoms. The van der Waals surface area contributed by atoms with Crippen LogP contribution in [0.3, 0.4) is 0 Å². The first kappa shape index (κ1) is 13.7. The summed E-state index contributed by atoms with van der Waals surface area (Å²) in [6, 6.07) is -0.0550. The number of hydrogen-bond acceptors (Lipinski definition) is 3. The maximum absolute atomic E-state index is 12.7. The molecular formula is C14H21N4O+. The molecule has 0 aliphatic carbocycles. The van der Waals surface area contributed by atoms with E-state index in [4.69, 9.17) is 0 Å². The lowest BCUT2D eigenvalue weighted by molar-refractivity contribution is -0.687. The summed E-state index contributed by atoms with van der Waals surface area (Å²) in [5, 5.41) is 0. The minimum atomic E-state index is -0.0550. The van der Waals surface area contributed by atoms with Crippen LogP contribution in [0, 0.1) is 11.8 Å². The van der Waals surface area contributed by atoms with E-state index in [-0.39, 0.29) is 16.4 Å². The van der Waals surface area contributed by atoms with E-state index in [0.717, 1.165) is 11.4 Å². The molecular weight excluding hydrogens is 240 g/mol. The average molecular weight is 261 g/mol. The highest BCUT2D eigenvalue weighted by atomic mass is 16.2. The highest BCUT2D eigenvalue weighted by Gasteiger charge is 2.44. The van der Waals surface area contributed by atoms with E-state index >= 15 is 0 Å². The predicted octanol–water partition coefficient (Wildman–Crippen LogP) is 2.86. The monoisotopic (exact) mass is 261 g/mol. The molecule has 2 heterocycles. The first-order valence-electron chi connectivity index (χ1n) is 6.57. The normalized spacial score (nSPS) is 22.9. The fraction of sp³-hybridized carbons (Fsp3) is 0.500. The van der Waals surface area contributed by atoms with Gasteiger partial charge >= 0.3 is 6.03 Å². The van der Waals surface area contributed by atoms with Crippen LogP contribution >= 0.6 is 0 Å². The van der Waals surface area contributed by atoms with Gasteiger partial charge in [0, 0.05) is 24.2 Å². The van der Waals surface area contributed by atoms with Gasteiger partial charge in [-0.25, -0.2) is 19.3 Å². The van der Waals surface area contributed by atoms with E-state index in [0.29, 0.717) is 5.92 Å². The summed E-state index contributed by atoms with van der Waals surface area (Å²) in [6.07, 6.45) is 6.54. The molecule has 0 saturated carbocycles. The third kappa shape index (κ3) is 2.14. The second kappa shape index (κ2) is 4.74. The lowest BCUT2D eigenvalue weighted by Crippen LogP contribution is -2.49. The fourth-order valence-electron chi connectivity index (χ4n) is 2.59. The molecule has 0 aromatic carbocycles. The highest BCUT2D eigenvalue weighted by Crippen LogP contribution is 2.34.